The number of piperazine rings is 1. The summed E-state index contributed by atoms with van der Waals surface area (Å²) in [6, 6.07) is 4.66. The van der Waals surface area contributed by atoms with Crippen molar-refractivity contribution in [2.24, 2.45) is 0 Å². The van der Waals surface area contributed by atoms with E-state index in [4.69, 9.17) is 11.6 Å². The Morgan fingerprint density at radius 3 is 2.79 bits per heavy atom. The first kappa shape index (κ1) is 14.3. The summed E-state index contributed by atoms with van der Waals surface area (Å²) >= 11 is 5.72. The maximum atomic E-state index is 12.3. The summed E-state index contributed by atoms with van der Waals surface area (Å²) in [7, 11) is 0. The van der Waals surface area contributed by atoms with Crippen LogP contribution in [0.5, 0.6) is 5.75 Å². The lowest BCUT2D eigenvalue weighted by molar-refractivity contribution is -0.274. The molecule has 0 aliphatic carbocycles. The minimum Gasteiger partial charge on any atom is -0.404 e. The quantitative estimate of drug-likeness (QED) is 0.907. The van der Waals surface area contributed by atoms with Gasteiger partial charge in [-0.15, -0.1) is 13.2 Å². The first-order valence-corrected chi connectivity index (χ1v) is 6.27. The van der Waals surface area contributed by atoms with Crippen LogP contribution in [0.25, 0.3) is 0 Å². The van der Waals surface area contributed by atoms with Crippen molar-refractivity contribution in [3.63, 3.8) is 0 Å². The molecule has 106 valence electrons. The molecule has 0 aromatic heterocycles. The number of hydrogen-bond donors (Lipinski definition) is 1. The topological polar surface area (TPSA) is 24.5 Å². The van der Waals surface area contributed by atoms with Crippen LogP contribution < -0.4 is 15.0 Å². The highest BCUT2D eigenvalue weighted by Gasteiger charge is 2.32. The highest BCUT2D eigenvalue weighted by atomic mass is 35.5. The molecular formula is C12H14ClF3N2O. The van der Waals surface area contributed by atoms with Gasteiger partial charge < -0.3 is 15.0 Å². The molecule has 1 saturated heterocycles. The van der Waals surface area contributed by atoms with Gasteiger partial charge in [-0.1, -0.05) is 11.6 Å². The van der Waals surface area contributed by atoms with Gasteiger partial charge in [-0.3, -0.25) is 0 Å². The largest absolute Gasteiger partial charge is 0.573 e. The normalized spacial score (nSPS) is 20.5. The Hall–Kier alpha value is -1.14. The third-order valence-corrected chi connectivity index (χ3v) is 3.29. The van der Waals surface area contributed by atoms with E-state index in [2.05, 4.69) is 10.1 Å². The Balaban J connectivity index is 2.24. The van der Waals surface area contributed by atoms with Crippen molar-refractivity contribution < 1.29 is 17.9 Å². The van der Waals surface area contributed by atoms with Gasteiger partial charge in [-0.25, -0.2) is 0 Å². The summed E-state index contributed by atoms with van der Waals surface area (Å²) in [5.74, 6) is -0.364. The highest BCUT2D eigenvalue weighted by Crippen LogP contribution is 2.34. The zero-order valence-corrected chi connectivity index (χ0v) is 11.1. The summed E-state index contributed by atoms with van der Waals surface area (Å²) in [4.78, 5) is 2.02. The molecule has 1 N–H and O–H groups in total. The zero-order valence-electron chi connectivity index (χ0n) is 10.3. The third-order valence-electron chi connectivity index (χ3n) is 2.97. The van der Waals surface area contributed by atoms with Crippen molar-refractivity contribution in [1.82, 2.24) is 5.32 Å². The van der Waals surface area contributed by atoms with Crippen molar-refractivity contribution >= 4 is 17.3 Å². The van der Waals surface area contributed by atoms with E-state index in [0.717, 1.165) is 19.6 Å². The van der Waals surface area contributed by atoms with Gasteiger partial charge in [0.1, 0.15) is 5.75 Å². The van der Waals surface area contributed by atoms with Gasteiger partial charge in [0.05, 0.1) is 5.02 Å². The van der Waals surface area contributed by atoms with E-state index >= 15 is 0 Å². The minimum absolute atomic E-state index is 0.0520. The average Bonchev–Trinajstić information content (AvgIpc) is 2.31. The fourth-order valence-electron chi connectivity index (χ4n) is 2.10. The number of rotatable bonds is 2. The van der Waals surface area contributed by atoms with Gasteiger partial charge in [-0.2, -0.15) is 0 Å². The first-order chi connectivity index (χ1) is 8.87. The van der Waals surface area contributed by atoms with E-state index in [-0.39, 0.29) is 16.8 Å². The van der Waals surface area contributed by atoms with Crippen LogP contribution in [0.1, 0.15) is 6.92 Å². The summed E-state index contributed by atoms with van der Waals surface area (Å²) in [5.41, 5.74) is 0.678. The number of nitrogens with one attached hydrogen (secondary N) is 1. The molecule has 1 atom stereocenters. The molecular weight excluding hydrogens is 281 g/mol. The van der Waals surface area contributed by atoms with Gasteiger partial charge in [-0.05, 0) is 19.1 Å². The van der Waals surface area contributed by atoms with Gasteiger partial charge in [0.15, 0.2) is 0 Å². The molecule has 3 nitrogen and oxygen atoms in total. The van der Waals surface area contributed by atoms with Gasteiger partial charge in [0, 0.05) is 37.4 Å². The molecule has 0 saturated carbocycles. The summed E-state index contributed by atoms with van der Waals surface area (Å²) < 4.78 is 40.7. The second-order valence-corrected chi connectivity index (χ2v) is 4.82. The average molecular weight is 295 g/mol. The number of ether oxygens (including phenoxy) is 1. The van der Waals surface area contributed by atoms with Crippen molar-refractivity contribution in [3.8, 4) is 5.75 Å². The monoisotopic (exact) mass is 294 g/mol. The number of benzene rings is 1. The molecule has 0 spiro atoms. The van der Waals surface area contributed by atoms with Crippen LogP contribution in [-0.2, 0) is 0 Å². The Labute approximate surface area is 114 Å². The molecule has 1 fully saturated rings. The molecule has 0 unspecified atom stereocenters. The van der Waals surface area contributed by atoms with E-state index in [0.29, 0.717) is 5.69 Å². The molecule has 0 bridgehead atoms. The lowest BCUT2D eigenvalue weighted by atomic mass is 10.1. The number of nitrogens with zero attached hydrogens (tertiary/aromatic N) is 1. The van der Waals surface area contributed by atoms with E-state index < -0.39 is 6.36 Å². The number of hydrogen-bond acceptors (Lipinski definition) is 3. The van der Waals surface area contributed by atoms with Crippen LogP contribution in [-0.4, -0.2) is 32.0 Å². The van der Waals surface area contributed by atoms with Gasteiger partial charge in [0.2, 0.25) is 0 Å². The summed E-state index contributed by atoms with van der Waals surface area (Å²) in [5, 5.41) is 3.17. The second-order valence-electron chi connectivity index (χ2n) is 4.41. The lowest BCUT2D eigenvalue weighted by Crippen LogP contribution is -2.49. The smallest absolute Gasteiger partial charge is 0.404 e. The Morgan fingerprint density at radius 1 is 1.42 bits per heavy atom. The Kier molecular flexibility index (Phi) is 4.10. The fraction of sp³-hybridized carbons (Fsp3) is 0.500. The van der Waals surface area contributed by atoms with Gasteiger partial charge >= 0.3 is 6.36 Å². The van der Waals surface area contributed by atoms with Crippen molar-refractivity contribution in [2.45, 2.75) is 19.3 Å². The maximum absolute atomic E-state index is 12.3. The van der Waals surface area contributed by atoms with E-state index in [1.165, 1.54) is 12.1 Å². The van der Waals surface area contributed by atoms with Gasteiger partial charge in [0.25, 0.3) is 0 Å². The van der Waals surface area contributed by atoms with Crippen LogP contribution in [0.4, 0.5) is 18.9 Å². The molecule has 1 heterocycles. The summed E-state index contributed by atoms with van der Waals surface area (Å²) in [6.45, 7) is 4.32. The molecule has 0 radical (unpaired) electrons. The maximum Gasteiger partial charge on any atom is 0.573 e. The van der Waals surface area contributed by atoms with Crippen LogP contribution in [0.2, 0.25) is 5.02 Å². The standard InChI is InChI=1S/C12H14ClF3N2O/c1-8-7-17-4-5-18(8)9-2-3-10(13)11(6-9)19-12(14,15)16/h2-3,6,8,17H,4-5,7H2,1H3/t8-/m0/s1. The van der Waals surface area contributed by atoms with Crippen molar-refractivity contribution in [3.05, 3.63) is 23.2 Å². The second kappa shape index (κ2) is 5.46. The number of anilines is 1. The van der Waals surface area contributed by atoms with Crippen LogP contribution in [0, 0.1) is 0 Å². The molecule has 1 aliphatic rings. The predicted octanol–water partition coefficient (Wildman–Crippen LogP) is 3.04. The molecule has 19 heavy (non-hydrogen) atoms. The molecule has 7 heteroatoms. The number of halogens is 4. The van der Waals surface area contributed by atoms with Crippen LogP contribution in [0.3, 0.4) is 0 Å². The highest BCUT2D eigenvalue weighted by molar-refractivity contribution is 6.32. The zero-order chi connectivity index (χ0) is 14.0. The summed E-state index contributed by atoms with van der Waals surface area (Å²) in [6.07, 6.45) is -4.74. The Morgan fingerprint density at radius 2 is 2.16 bits per heavy atom. The van der Waals surface area contributed by atoms with Crippen LogP contribution in [0.15, 0.2) is 18.2 Å². The molecule has 0 amide bonds. The van der Waals surface area contributed by atoms with Crippen molar-refractivity contribution in [2.75, 3.05) is 24.5 Å². The fourth-order valence-corrected chi connectivity index (χ4v) is 2.25. The van der Waals surface area contributed by atoms with Crippen LogP contribution >= 0.6 is 11.6 Å². The van der Waals surface area contributed by atoms with E-state index in [9.17, 15) is 13.2 Å². The molecule has 1 aromatic carbocycles. The van der Waals surface area contributed by atoms with E-state index in [1.807, 2.05) is 11.8 Å². The molecule has 1 aromatic rings. The number of alkyl halides is 3. The minimum atomic E-state index is -4.74. The van der Waals surface area contributed by atoms with Crippen molar-refractivity contribution in [1.29, 1.82) is 0 Å². The van der Waals surface area contributed by atoms with E-state index in [1.54, 1.807) is 6.07 Å². The molecule has 2 rings (SSSR count). The Bertz CT molecular complexity index is 453. The first-order valence-electron chi connectivity index (χ1n) is 5.89. The molecule has 1 aliphatic heterocycles. The third kappa shape index (κ3) is 3.67. The lowest BCUT2D eigenvalue weighted by Gasteiger charge is -2.36. The SMILES string of the molecule is C[C@H]1CNCCN1c1ccc(Cl)c(OC(F)(F)F)c1. The predicted molar refractivity (Wildman–Crippen MR) is 67.8 cm³/mol.